The van der Waals surface area contributed by atoms with E-state index in [9.17, 15) is 41.5 Å². The summed E-state index contributed by atoms with van der Waals surface area (Å²) in [6.45, 7) is 3.73. The molecular formula is C55H57BrF4N8O7. The van der Waals surface area contributed by atoms with Crippen LogP contribution >= 0.6 is 15.9 Å². The molecule has 10 rings (SSSR count). The van der Waals surface area contributed by atoms with E-state index in [2.05, 4.69) is 26.3 Å². The summed E-state index contributed by atoms with van der Waals surface area (Å²) in [7, 11) is 0. The monoisotopic (exact) mass is 1100 g/mol. The Kier molecular flexibility index (Phi) is 18.1. The third kappa shape index (κ3) is 13.1. The Morgan fingerprint density at radius 2 is 1.03 bits per heavy atom. The number of carbonyl (C=O) groups excluding carboxylic acids is 3. The Hall–Kier alpha value is -7.45. The average molecular weight is 1100 g/mol. The number of pyridine rings is 2. The van der Waals surface area contributed by atoms with Gasteiger partial charge in [0.2, 0.25) is 10.9 Å². The summed E-state index contributed by atoms with van der Waals surface area (Å²) < 4.78 is 67.7. The summed E-state index contributed by atoms with van der Waals surface area (Å²) >= 11 is 3.35. The number of nitrogens with zero attached hydrogens (tertiary/aromatic N) is 6. The molecule has 3 amide bonds. The van der Waals surface area contributed by atoms with Crippen LogP contribution in [-0.2, 0) is 26.3 Å². The zero-order chi connectivity index (χ0) is 53.0. The number of hydrogen-bond donors (Lipinski definition) is 2. The largest absolute Gasteiger partial charge is 0.482 e. The molecule has 2 saturated heterocycles. The zero-order valence-corrected chi connectivity index (χ0v) is 42.7. The smallest absolute Gasteiger partial charge is 0.277 e. The molecule has 4 aliphatic heterocycles. The lowest BCUT2D eigenvalue weighted by Crippen LogP contribution is -2.55. The number of amides is 3. The number of nitrogens with one attached hydrogen (secondary N) is 1. The molecule has 4 aliphatic rings. The lowest BCUT2D eigenvalue weighted by Gasteiger charge is -2.39. The molecule has 3 N–H and O–H groups in total. The fourth-order valence-electron chi connectivity index (χ4n) is 9.04. The van der Waals surface area contributed by atoms with Crippen LogP contribution in [0.5, 0.6) is 11.5 Å². The fourth-order valence-corrected chi connectivity index (χ4v) is 9.41. The van der Waals surface area contributed by atoms with Gasteiger partial charge < -0.3 is 30.3 Å². The van der Waals surface area contributed by atoms with Gasteiger partial charge in [-0.25, -0.2) is 17.6 Å². The number of aromatic nitrogens is 2. The Morgan fingerprint density at radius 1 is 0.573 bits per heavy atom. The first-order valence-electron chi connectivity index (χ1n) is 24.8. The van der Waals surface area contributed by atoms with Gasteiger partial charge in [-0.15, -0.1) is 0 Å². The van der Waals surface area contributed by atoms with Gasteiger partial charge in [0.15, 0.2) is 22.9 Å². The maximum Gasteiger partial charge on any atom is 0.277 e. The highest BCUT2D eigenvalue weighted by atomic mass is 79.9. The Morgan fingerprint density at radius 3 is 1.51 bits per heavy atom. The number of ether oxygens (including phenoxy) is 2. The van der Waals surface area contributed by atoms with E-state index in [-0.39, 0.29) is 71.9 Å². The highest BCUT2D eigenvalue weighted by Crippen LogP contribution is 2.28. The lowest BCUT2D eigenvalue weighted by molar-refractivity contribution is 0.0677. The van der Waals surface area contributed by atoms with Gasteiger partial charge in [0.25, 0.3) is 17.7 Å². The van der Waals surface area contributed by atoms with E-state index in [1.165, 1.54) is 24.4 Å². The molecule has 6 heterocycles. The molecule has 75 heavy (non-hydrogen) atoms. The van der Waals surface area contributed by atoms with Gasteiger partial charge >= 0.3 is 0 Å². The van der Waals surface area contributed by atoms with Crippen molar-refractivity contribution in [1.29, 1.82) is 0 Å². The van der Waals surface area contributed by atoms with E-state index in [0.29, 0.717) is 48.7 Å². The second kappa shape index (κ2) is 25.2. The number of carbonyl (C=O) groups is 3. The number of nitrogens with two attached hydrogens (primary N) is 1. The molecule has 0 unspecified atom stereocenters. The summed E-state index contributed by atoms with van der Waals surface area (Å²) in [5, 5.41) is 6.58. The van der Waals surface area contributed by atoms with Crippen LogP contribution in [0.25, 0.3) is 0 Å². The predicted octanol–water partition coefficient (Wildman–Crippen LogP) is 8.10. The fraction of sp³-hybridized carbons (Fsp3) is 0.327. The van der Waals surface area contributed by atoms with Crippen molar-refractivity contribution in [2.24, 2.45) is 5.73 Å². The number of rotatable bonds is 10. The van der Waals surface area contributed by atoms with E-state index in [1.807, 2.05) is 70.6 Å². The van der Waals surface area contributed by atoms with E-state index in [1.54, 1.807) is 20.4 Å². The molecule has 4 bridgehead atoms. The topological polar surface area (TPSA) is 165 Å². The van der Waals surface area contributed by atoms with Crippen molar-refractivity contribution in [2.75, 3.05) is 49.5 Å². The van der Waals surface area contributed by atoms with Crippen LogP contribution in [0.3, 0.4) is 0 Å². The first kappa shape index (κ1) is 53.8. The van der Waals surface area contributed by atoms with Crippen LogP contribution < -0.4 is 41.4 Å². The molecular weight excluding hydrogens is 1040 g/mol. The average Bonchev–Trinajstić information content (AvgIpc) is 3.60. The summed E-state index contributed by atoms with van der Waals surface area (Å²) in [5.74, 6) is -3.99. The van der Waals surface area contributed by atoms with E-state index >= 15 is 0 Å². The summed E-state index contributed by atoms with van der Waals surface area (Å²) in [6.07, 6.45) is 11.1. The van der Waals surface area contributed by atoms with Crippen LogP contribution in [0.15, 0.2) is 124 Å². The van der Waals surface area contributed by atoms with Gasteiger partial charge in [0.1, 0.15) is 55.4 Å². The van der Waals surface area contributed by atoms with Crippen LogP contribution in [-0.4, -0.2) is 76.4 Å². The molecule has 0 atom stereocenters. The first-order valence-corrected chi connectivity index (χ1v) is 25.6. The van der Waals surface area contributed by atoms with Crippen LogP contribution in [0, 0.1) is 23.3 Å². The molecule has 2 fully saturated rings. The van der Waals surface area contributed by atoms with E-state index < -0.39 is 34.6 Å². The van der Waals surface area contributed by atoms with Gasteiger partial charge in [-0.1, -0.05) is 98.5 Å². The third-order valence-electron chi connectivity index (χ3n) is 13.1. The summed E-state index contributed by atoms with van der Waals surface area (Å²) in [6, 6.07) is 25.2. The minimum atomic E-state index is -0.804. The van der Waals surface area contributed by atoms with Crippen molar-refractivity contribution < 1.29 is 41.4 Å². The molecule has 394 valence electrons. The lowest BCUT2D eigenvalue weighted by atomic mass is 10.1. The van der Waals surface area contributed by atoms with Crippen molar-refractivity contribution in [2.45, 2.75) is 77.7 Å². The van der Waals surface area contributed by atoms with Crippen LogP contribution in [0.4, 0.5) is 17.6 Å². The van der Waals surface area contributed by atoms with Crippen molar-refractivity contribution >= 4 is 33.7 Å². The van der Waals surface area contributed by atoms with Crippen molar-refractivity contribution in [1.82, 2.24) is 24.5 Å². The maximum atomic E-state index is 14.1. The summed E-state index contributed by atoms with van der Waals surface area (Å²) in [4.78, 5) is 69.7. The van der Waals surface area contributed by atoms with Crippen molar-refractivity contribution in [3.8, 4) is 11.5 Å². The molecule has 20 heteroatoms. The van der Waals surface area contributed by atoms with Crippen molar-refractivity contribution in [3.05, 3.63) is 197 Å². The van der Waals surface area contributed by atoms with Gasteiger partial charge in [-0.05, 0) is 64.9 Å². The SMILES string of the molecule is NCc1ccc(F)cc1F.O=C(NCc1ccc(F)cc1F)c1cn2c(c(OCc3ccccc3)c1=O)C(=O)N1CCCCCCN2C1.O=C1c2c(OCc3ccccc3)c(=O)c(Br)cn2N2CCCCCCN1C2. The maximum absolute atomic E-state index is 14.1. The number of hydrogen-bond acceptors (Lipinski definition) is 10. The molecule has 6 aromatic rings. The van der Waals surface area contributed by atoms with Crippen LogP contribution in [0.2, 0.25) is 0 Å². The highest BCUT2D eigenvalue weighted by Gasteiger charge is 2.36. The van der Waals surface area contributed by atoms with Gasteiger partial charge in [0, 0.05) is 74.9 Å². The van der Waals surface area contributed by atoms with Crippen molar-refractivity contribution in [3.63, 3.8) is 0 Å². The van der Waals surface area contributed by atoms with Gasteiger partial charge in [0.05, 0.1) is 4.47 Å². The molecule has 0 radical (unpaired) electrons. The number of benzene rings is 4. The van der Waals surface area contributed by atoms with Crippen LogP contribution in [0.1, 0.15) is 105 Å². The molecule has 2 aromatic heterocycles. The quantitative estimate of drug-likeness (QED) is 0.128. The second-order valence-electron chi connectivity index (χ2n) is 18.3. The predicted molar refractivity (Wildman–Crippen MR) is 277 cm³/mol. The molecule has 0 spiro atoms. The van der Waals surface area contributed by atoms with Gasteiger partial charge in [-0.3, -0.25) is 43.3 Å². The number of halogens is 5. The molecule has 0 saturated carbocycles. The Balaban J connectivity index is 0.000000174. The molecule has 15 nitrogen and oxygen atoms in total. The second-order valence-corrected chi connectivity index (χ2v) is 19.2. The first-order chi connectivity index (χ1) is 36.3. The summed E-state index contributed by atoms with van der Waals surface area (Å²) in [5.41, 5.74) is 6.45. The standard InChI is InChI=1S/C28H28F2N4O4.C20H22BrN3O3.C7H7F2N/c29-21-11-10-20(23(30)14-21)15-31-27(36)22-16-34-24(26(25(22)35)38-17-19-8-4-3-5-9-19)28(37)32-12-6-1-2-7-13-33(34)18-32;21-16-12-24-17(19(18(16)25)27-13-15-8-4-3-5-9-15)20(26)22-10-6-1-2-7-11-23(24)14-22;8-6-2-1-5(4-10)7(9)3-6/h3-5,8-11,14,16H,1-2,6-7,12-13,15,17-18H2,(H,31,36);3-5,8-9,12H,1-2,6-7,10-11,13-14H2;1-3H,4,10H2. The highest BCUT2D eigenvalue weighted by molar-refractivity contribution is 9.10. The Bertz CT molecular complexity index is 3130. The normalized spacial score (nSPS) is 15.2. The van der Waals surface area contributed by atoms with E-state index in [0.717, 1.165) is 87.2 Å². The molecule has 4 aromatic carbocycles. The zero-order valence-electron chi connectivity index (χ0n) is 41.1. The van der Waals surface area contributed by atoms with Gasteiger partial charge in [-0.2, -0.15) is 0 Å². The molecule has 0 aliphatic carbocycles. The Labute approximate surface area is 439 Å². The number of fused-ring (bicyclic) bond motifs is 8. The minimum Gasteiger partial charge on any atom is -0.482 e. The third-order valence-corrected chi connectivity index (χ3v) is 13.6. The van der Waals surface area contributed by atoms with E-state index in [4.69, 9.17) is 15.2 Å². The minimum absolute atomic E-state index is 0.0300.